The van der Waals surface area contributed by atoms with Crippen molar-refractivity contribution in [1.29, 1.82) is 0 Å². The summed E-state index contributed by atoms with van der Waals surface area (Å²) in [4.78, 5) is 11.0. The van der Waals surface area contributed by atoms with Crippen LogP contribution in [0.4, 0.5) is 0 Å². The zero-order valence-corrected chi connectivity index (χ0v) is 12.3. The number of ether oxygens (including phenoxy) is 1. The van der Waals surface area contributed by atoms with Crippen molar-refractivity contribution in [2.24, 2.45) is 0 Å². The highest BCUT2D eigenvalue weighted by atomic mass is 16.5. The normalized spacial score (nSPS) is 10.4. The van der Waals surface area contributed by atoms with Crippen molar-refractivity contribution < 1.29 is 9.53 Å². The summed E-state index contributed by atoms with van der Waals surface area (Å²) in [6.45, 7) is 2.24. The lowest BCUT2D eigenvalue weighted by atomic mass is 10.0. The highest BCUT2D eigenvalue weighted by molar-refractivity contribution is 5.69. The number of carbonyl (C=O) groups excluding carboxylic acids is 1. The Labute approximate surface area is 117 Å². The summed E-state index contributed by atoms with van der Waals surface area (Å²) < 4.78 is 4.63. The first-order chi connectivity index (χ1) is 9.26. The molecular formula is C17H26O2. The molecule has 19 heavy (non-hydrogen) atoms. The van der Waals surface area contributed by atoms with Crippen LogP contribution in [-0.4, -0.2) is 13.1 Å². The number of aryl methyl sites for hydroxylation is 2. The number of rotatable bonds is 9. The first kappa shape index (κ1) is 15.7. The van der Waals surface area contributed by atoms with Gasteiger partial charge in [-0.3, -0.25) is 4.79 Å². The molecule has 1 aromatic carbocycles. The number of esters is 1. The lowest BCUT2D eigenvalue weighted by molar-refractivity contribution is -0.140. The van der Waals surface area contributed by atoms with Crippen LogP contribution in [-0.2, 0) is 22.4 Å². The molecule has 0 spiro atoms. The second kappa shape index (κ2) is 9.60. The number of benzene rings is 1. The molecule has 0 unspecified atom stereocenters. The predicted octanol–water partition coefficient (Wildman–Crippen LogP) is 4.31. The molecule has 0 aliphatic rings. The molecule has 0 saturated heterocycles. The van der Waals surface area contributed by atoms with Gasteiger partial charge in [0, 0.05) is 6.42 Å². The van der Waals surface area contributed by atoms with Gasteiger partial charge in [-0.25, -0.2) is 0 Å². The van der Waals surface area contributed by atoms with Crippen molar-refractivity contribution in [3.05, 3.63) is 35.4 Å². The van der Waals surface area contributed by atoms with E-state index in [1.54, 1.807) is 0 Å². The number of carbonyl (C=O) groups is 1. The summed E-state index contributed by atoms with van der Waals surface area (Å²) >= 11 is 0. The molecule has 0 aliphatic heterocycles. The smallest absolute Gasteiger partial charge is 0.305 e. The van der Waals surface area contributed by atoms with E-state index in [9.17, 15) is 4.79 Å². The largest absolute Gasteiger partial charge is 0.469 e. The van der Waals surface area contributed by atoms with E-state index in [4.69, 9.17) is 0 Å². The van der Waals surface area contributed by atoms with Gasteiger partial charge < -0.3 is 4.74 Å². The van der Waals surface area contributed by atoms with Gasteiger partial charge in [0.05, 0.1) is 7.11 Å². The quantitative estimate of drug-likeness (QED) is 0.490. The van der Waals surface area contributed by atoms with Gasteiger partial charge in [0.15, 0.2) is 0 Å². The molecule has 1 rings (SSSR count). The molecule has 2 nitrogen and oxygen atoms in total. The van der Waals surface area contributed by atoms with Gasteiger partial charge in [0.2, 0.25) is 0 Å². The first-order valence-electron chi connectivity index (χ1n) is 7.41. The zero-order chi connectivity index (χ0) is 13.9. The molecule has 0 bridgehead atoms. The maximum atomic E-state index is 11.0. The third kappa shape index (κ3) is 7.00. The molecule has 106 valence electrons. The molecular weight excluding hydrogens is 236 g/mol. The van der Waals surface area contributed by atoms with E-state index < -0.39 is 0 Å². The first-order valence-corrected chi connectivity index (χ1v) is 7.41. The van der Waals surface area contributed by atoms with E-state index in [0.29, 0.717) is 6.42 Å². The highest BCUT2D eigenvalue weighted by Gasteiger charge is 2.01. The maximum absolute atomic E-state index is 11.0. The van der Waals surface area contributed by atoms with E-state index >= 15 is 0 Å². The lowest BCUT2D eigenvalue weighted by Gasteiger charge is -2.04. The van der Waals surface area contributed by atoms with Gasteiger partial charge >= 0.3 is 5.97 Å². The fourth-order valence-corrected chi connectivity index (χ4v) is 2.17. The second-order valence-corrected chi connectivity index (χ2v) is 5.06. The molecule has 0 saturated carbocycles. The van der Waals surface area contributed by atoms with Crippen molar-refractivity contribution in [1.82, 2.24) is 0 Å². The standard InChI is InChI=1S/C17H26O2/c1-3-4-5-6-8-15-11-13-16(14-12-15)9-7-10-17(18)19-2/h11-14H,3-10H2,1-2H3. The molecule has 0 amide bonds. The third-order valence-electron chi connectivity index (χ3n) is 3.42. The van der Waals surface area contributed by atoms with Crippen molar-refractivity contribution >= 4 is 5.97 Å². The van der Waals surface area contributed by atoms with E-state index in [1.165, 1.54) is 50.3 Å². The summed E-state index contributed by atoms with van der Waals surface area (Å²) in [6.07, 6.45) is 8.75. The predicted molar refractivity (Wildman–Crippen MR) is 79.2 cm³/mol. The van der Waals surface area contributed by atoms with E-state index in [2.05, 4.69) is 35.9 Å². The maximum Gasteiger partial charge on any atom is 0.305 e. The highest BCUT2D eigenvalue weighted by Crippen LogP contribution is 2.11. The average molecular weight is 262 g/mol. The number of unbranched alkanes of at least 4 members (excludes halogenated alkanes) is 3. The monoisotopic (exact) mass is 262 g/mol. The van der Waals surface area contributed by atoms with Crippen molar-refractivity contribution in [3.8, 4) is 0 Å². The Balaban J connectivity index is 2.25. The minimum Gasteiger partial charge on any atom is -0.469 e. The average Bonchev–Trinajstić information content (AvgIpc) is 2.45. The molecule has 0 aromatic heterocycles. The topological polar surface area (TPSA) is 26.3 Å². The summed E-state index contributed by atoms with van der Waals surface area (Å²) in [6, 6.07) is 8.82. The third-order valence-corrected chi connectivity index (χ3v) is 3.42. The molecule has 1 aromatic rings. The van der Waals surface area contributed by atoms with Crippen LogP contribution in [0.2, 0.25) is 0 Å². The van der Waals surface area contributed by atoms with E-state index in [1.807, 2.05) is 0 Å². The van der Waals surface area contributed by atoms with Crippen LogP contribution in [0.3, 0.4) is 0 Å². The van der Waals surface area contributed by atoms with Crippen LogP contribution in [0.25, 0.3) is 0 Å². The Morgan fingerprint density at radius 3 is 2.05 bits per heavy atom. The van der Waals surface area contributed by atoms with Crippen molar-refractivity contribution in [2.45, 2.75) is 58.3 Å². The molecule has 0 fully saturated rings. The molecule has 0 aliphatic carbocycles. The van der Waals surface area contributed by atoms with Gasteiger partial charge in [0.25, 0.3) is 0 Å². The molecule has 0 heterocycles. The Kier molecular flexibility index (Phi) is 7.95. The number of methoxy groups -OCH3 is 1. The zero-order valence-electron chi connectivity index (χ0n) is 12.3. The minimum atomic E-state index is -0.118. The van der Waals surface area contributed by atoms with Crippen LogP contribution >= 0.6 is 0 Å². The van der Waals surface area contributed by atoms with Crippen molar-refractivity contribution in [3.63, 3.8) is 0 Å². The molecule has 0 N–H and O–H groups in total. The fraction of sp³-hybridized carbons (Fsp3) is 0.588. The van der Waals surface area contributed by atoms with Gasteiger partial charge in [-0.05, 0) is 36.8 Å². The van der Waals surface area contributed by atoms with Gasteiger partial charge in [-0.1, -0.05) is 50.5 Å². The summed E-state index contributed by atoms with van der Waals surface area (Å²) in [5.41, 5.74) is 2.73. The Hall–Kier alpha value is -1.31. The summed E-state index contributed by atoms with van der Waals surface area (Å²) in [5.74, 6) is -0.118. The molecule has 0 radical (unpaired) electrons. The second-order valence-electron chi connectivity index (χ2n) is 5.06. The van der Waals surface area contributed by atoms with Gasteiger partial charge in [-0.15, -0.1) is 0 Å². The summed E-state index contributed by atoms with van der Waals surface area (Å²) in [5, 5.41) is 0. The Morgan fingerprint density at radius 1 is 0.947 bits per heavy atom. The Morgan fingerprint density at radius 2 is 1.53 bits per heavy atom. The van der Waals surface area contributed by atoms with Crippen LogP contribution < -0.4 is 0 Å². The SMILES string of the molecule is CCCCCCc1ccc(CCCC(=O)OC)cc1. The fourth-order valence-electron chi connectivity index (χ4n) is 2.17. The number of hydrogen-bond acceptors (Lipinski definition) is 2. The van der Waals surface area contributed by atoms with Gasteiger partial charge in [-0.2, -0.15) is 0 Å². The van der Waals surface area contributed by atoms with Crippen LogP contribution in [0.5, 0.6) is 0 Å². The van der Waals surface area contributed by atoms with Crippen LogP contribution in [0, 0.1) is 0 Å². The van der Waals surface area contributed by atoms with E-state index in [0.717, 1.165) is 12.8 Å². The van der Waals surface area contributed by atoms with Crippen molar-refractivity contribution in [2.75, 3.05) is 7.11 Å². The molecule has 0 atom stereocenters. The Bertz CT molecular complexity index is 354. The molecule has 2 heteroatoms. The summed E-state index contributed by atoms with van der Waals surface area (Å²) in [7, 11) is 1.44. The number of hydrogen-bond donors (Lipinski definition) is 0. The van der Waals surface area contributed by atoms with Gasteiger partial charge in [0.1, 0.15) is 0 Å². The lowest BCUT2D eigenvalue weighted by Crippen LogP contribution is -2.00. The van der Waals surface area contributed by atoms with Crippen LogP contribution in [0.15, 0.2) is 24.3 Å². The minimum absolute atomic E-state index is 0.118. The van der Waals surface area contributed by atoms with Crippen LogP contribution in [0.1, 0.15) is 56.6 Å². The van der Waals surface area contributed by atoms with E-state index in [-0.39, 0.29) is 5.97 Å².